The number of hydrogen-bond donors (Lipinski definition) is 1. The molecule has 7 heteroatoms. The molecule has 5 nitrogen and oxygen atoms in total. The molecule has 0 fully saturated rings. The zero-order valence-electron chi connectivity index (χ0n) is 9.31. The van der Waals surface area contributed by atoms with Crippen LogP contribution in [0.4, 0.5) is 4.39 Å². The number of Topliss-reactive ketones (excluding diaryl/α,β-unsaturated/α-hetero) is 1. The number of ether oxygens (including phenoxy) is 1. The summed E-state index contributed by atoms with van der Waals surface area (Å²) in [4.78, 5) is 22.7. The number of carbonyl (C=O) groups is 2. The highest BCUT2D eigenvalue weighted by Crippen LogP contribution is 2.19. The Morgan fingerprint density at radius 3 is 2.72 bits per heavy atom. The maximum atomic E-state index is 13.6. The molecule has 1 rings (SSSR count). The summed E-state index contributed by atoms with van der Waals surface area (Å²) in [5.74, 6) is -2.51. The minimum Gasteiger partial charge on any atom is -0.464 e. The van der Waals surface area contributed by atoms with Gasteiger partial charge in [0.25, 0.3) is 0 Å². The van der Waals surface area contributed by atoms with E-state index < -0.39 is 29.7 Å². The van der Waals surface area contributed by atoms with Crippen molar-refractivity contribution in [1.29, 1.82) is 0 Å². The lowest BCUT2D eigenvalue weighted by Crippen LogP contribution is -2.27. The molecule has 0 unspecified atom stereocenters. The number of esters is 1. The van der Waals surface area contributed by atoms with Crippen molar-refractivity contribution in [3.8, 4) is 0 Å². The van der Waals surface area contributed by atoms with E-state index in [0.29, 0.717) is 0 Å². The van der Waals surface area contributed by atoms with E-state index in [2.05, 4.69) is 25.8 Å². The van der Waals surface area contributed by atoms with Gasteiger partial charge in [0.15, 0.2) is 5.78 Å². The molecule has 0 saturated carbocycles. The minimum atomic E-state index is -1.07. The van der Waals surface area contributed by atoms with Crippen molar-refractivity contribution >= 4 is 33.4 Å². The van der Waals surface area contributed by atoms with Crippen molar-refractivity contribution in [2.24, 2.45) is 5.16 Å². The van der Waals surface area contributed by atoms with Gasteiger partial charge in [-0.25, -0.2) is 9.18 Å². The van der Waals surface area contributed by atoms with Gasteiger partial charge in [0, 0.05) is 6.42 Å². The fourth-order valence-corrected chi connectivity index (χ4v) is 1.66. The van der Waals surface area contributed by atoms with E-state index >= 15 is 0 Å². The first-order valence-electron chi connectivity index (χ1n) is 4.77. The molecule has 0 heterocycles. The van der Waals surface area contributed by atoms with Gasteiger partial charge in [-0.05, 0) is 27.6 Å². The highest BCUT2D eigenvalue weighted by molar-refractivity contribution is 9.10. The minimum absolute atomic E-state index is 0.0828. The molecule has 0 amide bonds. The second kappa shape index (κ2) is 6.25. The van der Waals surface area contributed by atoms with Crippen LogP contribution in [0.2, 0.25) is 0 Å². The maximum Gasteiger partial charge on any atom is 0.363 e. The van der Waals surface area contributed by atoms with Gasteiger partial charge in [0.05, 0.1) is 11.6 Å². The molecule has 0 aliphatic carbocycles. The fraction of sp³-hybridized carbons (Fsp3) is 0.182. The molecule has 0 spiro atoms. The first-order chi connectivity index (χ1) is 8.51. The summed E-state index contributed by atoms with van der Waals surface area (Å²) < 4.78 is 18.1. The van der Waals surface area contributed by atoms with Crippen LogP contribution in [0.5, 0.6) is 0 Å². The number of ketones is 1. The molecule has 1 N–H and O–H groups in total. The van der Waals surface area contributed by atoms with E-state index in [1.807, 2.05) is 0 Å². The fourth-order valence-electron chi connectivity index (χ4n) is 1.25. The summed E-state index contributed by atoms with van der Waals surface area (Å²) in [6.45, 7) is 0. The summed E-state index contributed by atoms with van der Waals surface area (Å²) in [5.41, 5.74) is -0.684. The quantitative estimate of drug-likeness (QED) is 0.301. The molecule has 0 atom stereocenters. The van der Waals surface area contributed by atoms with Crippen LogP contribution < -0.4 is 0 Å². The highest BCUT2D eigenvalue weighted by atomic mass is 79.9. The number of methoxy groups -OCH3 is 1. The van der Waals surface area contributed by atoms with E-state index in [4.69, 9.17) is 5.21 Å². The van der Waals surface area contributed by atoms with Crippen molar-refractivity contribution in [3.63, 3.8) is 0 Å². The first-order valence-corrected chi connectivity index (χ1v) is 5.57. The molecule has 0 aliphatic heterocycles. The average molecular weight is 318 g/mol. The number of hydrogen-bond acceptors (Lipinski definition) is 5. The Balaban J connectivity index is 2.94. The van der Waals surface area contributed by atoms with Crippen LogP contribution >= 0.6 is 15.9 Å². The Hall–Kier alpha value is -1.76. The number of carbonyl (C=O) groups excluding carboxylic acids is 2. The van der Waals surface area contributed by atoms with Crippen LogP contribution in [0, 0.1) is 5.82 Å². The van der Waals surface area contributed by atoms with Crippen LogP contribution in [-0.2, 0) is 20.7 Å². The predicted octanol–water partition coefficient (Wildman–Crippen LogP) is 1.70. The Morgan fingerprint density at radius 2 is 2.17 bits per heavy atom. The predicted molar refractivity (Wildman–Crippen MR) is 64.0 cm³/mol. The topological polar surface area (TPSA) is 76.0 Å². The van der Waals surface area contributed by atoms with Gasteiger partial charge in [0.2, 0.25) is 5.71 Å². The zero-order chi connectivity index (χ0) is 13.7. The lowest BCUT2D eigenvalue weighted by Gasteiger charge is -2.04. The second-order valence-corrected chi connectivity index (χ2v) is 4.11. The SMILES string of the molecule is COC(=O)/C(=N\O)C(=O)Cc1cccc(Br)c1F. The summed E-state index contributed by atoms with van der Waals surface area (Å²) in [6.07, 6.45) is -0.403. The third kappa shape index (κ3) is 3.13. The molecule has 1 aromatic carbocycles. The van der Waals surface area contributed by atoms with Crippen molar-refractivity contribution in [2.45, 2.75) is 6.42 Å². The molecule has 0 aromatic heterocycles. The van der Waals surface area contributed by atoms with Gasteiger partial charge >= 0.3 is 5.97 Å². The van der Waals surface area contributed by atoms with Gasteiger partial charge in [-0.3, -0.25) is 4.79 Å². The molecule has 0 aliphatic rings. The monoisotopic (exact) mass is 317 g/mol. The van der Waals surface area contributed by atoms with Crippen molar-refractivity contribution in [1.82, 2.24) is 0 Å². The smallest absolute Gasteiger partial charge is 0.363 e. The van der Waals surface area contributed by atoms with E-state index in [1.165, 1.54) is 12.1 Å². The van der Waals surface area contributed by atoms with Crippen LogP contribution in [0.3, 0.4) is 0 Å². The van der Waals surface area contributed by atoms with Crippen LogP contribution in [0.1, 0.15) is 5.56 Å². The maximum absolute atomic E-state index is 13.6. The largest absolute Gasteiger partial charge is 0.464 e. The number of nitrogens with zero attached hydrogens (tertiary/aromatic N) is 1. The normalized spacial score (nSPS) is 11.2. The Kier molecular flexibility index (Phi) is 4.96. The Bertz CT molecular complexity index is 516. The Morgan fingerprint density at radius 1 is 1.50 bits per heavy atom. The second-order valence-electron chi connectivity index (χ2n) is 3.25. The van der Waals surface area contributed by atoms with Gasteiger partial charge in [-0.15, -0.1) is 0 Å². The summed E-state index contributed by atoms with van der Waals surface area (Å²) in [5, 5.41) is 11.1. The number of benzene rings is 1. The zero-order valence-corrected chi connectivity index (χ0v) is 10.9. The number of halogens is 2. The van der Waals surface area contributed by atoms with Gasteiger partial charge in [-0.2, -0.15) is 0 Å². The highest BCUT2D eigenvalue weighted by Gasteiger charge is 2.23. The molecule has 0 radical (unpaired) electrons. The lowest BCUT2D eigenvalue weighted by atomic mass is 10.1. The van der Waals surface area contributed by atoms with E-state index in [-0.39, 0.29) is 10.0 Å². The van der Waals surface area contributed by atoms with E-state index in [9.17, 15) is 14.0 Å². The molecule has 18 heavy (non-hydrogen) atoms. The third-order valence-electron chi connectivity index (χ3n) is 2.13. The molecular formula is C11H9BrFNO4. The molecule has 0 saturated heterocycles. The summed E-state index contributed by atoms with van der Waals surface area (Å²) in [6, 6.07) is 4.42. The van der Waals surface area contributed by atoms with Crippen molar-refractivity contribution < 1.29 is 23.9 Å². The number of oxime groups is 1. The molecule has 96 valence electrons. The lowest BCUT2D eigenvalue weighted by molar-refractivity contribution is -0.133. The third-order valence-corrected chi connectivity index (χ3v) is 2.74. The molecule has 0 bridgehead atoms. The van der Waals surface area contributed by atoms with E-state index in [1.54, 1.807) is 6.07 Å². The first kappa shape index (κ1) is 14.3. The van der Waals surface area contributed by atoms with Gasteiger partial charge in [-0.1, -0.05) is 17.3 Å². The van der Waals surface area contributed by atoms with Crippen LogP contribution in [0.15, 0.2) is 27.8 Å². The average Bonchev–Trinajstić information content (AvgIpc) is 2.35. The summed E-state index contributed by atoms with van der Waals surface area (Å²) in [7, 11) is 1.04. The number of rotatable bonds is 4. The molecule has 1 aromatic rings. The van der Waals surface area contributed by atoms with Crippen molar-refractivity contribution in [3.05, 3.63) is 34.1 Å². The van der Waals surface area contributed by atoms with Crippen LogP contribution in [-0.4, -0.2) is 29.8 Å². The van der Waals surface area contributed by atoms with Gasteiger partial charge < -0.3 is 9.94 Å². The standard InChI is InChI=1S/C11H9BrFNO4/c1-18-11(16)10(14-17)8(15)5-6-3-2-4-7(12)9(6)13/h2-4,17H,5H2,1H3/b14-10-. The Labute approximate surface area is 110 Å². The van der Waals surface area contributed by atoms with Gasteiger partial charge in [0.1, 0.15) is 5.82 Å². The van der Waals surface area contributed by atoms with Crippen molar-refractivity contribution in [2.75, 3.05) is 7.11 Å². The van der Waals surface area contributed by atoms with E-state index in [0.717, 1.165) is 7.11 Å². The molecular weight excluding hydrogens is 309 g/mol. The summed E-state index contributed by atoms with van der Waals surface area (Å²) >= 11 is 2.98. The van der Waals surface area contributed by atoms with Crippen LogP contribution in [0.25, 0.3) is 0 Å².